The molecule has 0 amide bonds. The van der Waals surface area contributed by atoms with Gasteiger partial charge in [0.1, 0.15) is 11.0 Å². The molecular formula is C17H11F3N8O2S. The maximum Gasteiger partial charge on any atom is 0.435 e. The lowest BCUT2D eigenvalue weighted by Crippen LogP contribution is -2.18. The number of imidazole rings is 1. The van der Waals surface area contributed by atoms with Crippen molar-refractivity contribution in [2.75, 3.05) is 0 Å². The van der Waals surface area contributed by atoms with Crippen molar-refractivity contribution in [3.8, 4) is 11.1 Å². The number of aryl methyl sites for hydroxylation is 1. The molecule has 31 heavy (non-hydrogen) atoms. The van der Waals surface area contributed by atoms with E-state index in [1.54, 1.807) is 36.4 Å². The fourth-order valence-electron chi connectivity index (χ4n) is 3.07. The zero-order valence-corrected chi connectivity index (χ0v) is 16.4. The van der Waals surface area contributed by atoms with Gasteiger partial charge in [0, 0.05) is 30.6 Å². The number of pyridine rings is 1. The first kappa shape index (κ1) is 19.2. The quantitative estimate of drug-likeness (QED) is 0.416. The molecule has 0 radical (unpaired) electrons. The molecule has 5 aromatic heterocycles. The summed E-state index contributed by atoms with van der Waals surface area (Å²) in [6.45, 7) is 0. The van der Waals surface area contributed by atoms with Gasteiger partial charge in [0.15, 0.2) is 16.4 Å². The molecule has 158 valence electrons. The van der Waals surface area contributed by atoms with Gasteiger partial charge >= 0.3 is 16.2 Å². The second-order valence-electron chi connectivity index (χ2n) is 6.61. The number of alkyl halides is 3. The summed E-state index contributed by atoms with van der Waals surface area (Å²) in [7, 11) is -2.71. The minimum Gasteiger partial charge on any atom is -0.275 e. The summed E-state index contributed by atoms with van der Waals surface area (Å²) < 4.78 is 68.6. The van der Waals surface area contributed by atoms with Gasteiger partial charge in [-0.25, -0.2) is 4.98 Å². The molecule has 5 heterocycles. The first-order valence-electron chi connectivity index (χ1n) is 8.65. The van der Waals surface area contributed by atoms with Crippen molar-refractivity contribution in [2.24, 2.45) is 7.05 Å². The van der Waals surface area contributed by atoms with Crippen molar-refractivity contribution in [2.45, 2.75) is 11.2 Å². The van der Waals surface area contributed by atoms with Crippen LogP contribution in [0.2, 0.25) is 0 Å². The van der Waals surface area contributed by atoms with Gasteiger partial charge in [-0.15, -0.1) is 0 Å². The lowest BCUT2D eigenvalue weighted by atomic mass is 10.1. The van der Waals surface area contributed by atoms with Crippen LogP contribution in [0.3, 0.4) is 0 Å². The molecule has 0 atom stereocenters. The minimum atomic E-state index is -4.75. The summed E-state index contributed by atoms with van der Waals surface area (Å²) in [6, 6.07) is 3.33. The summed E-state index contributed by atoms with van der Waals surface area (Å²) in [6.07, 6.45) is 2.29. The highest BCUT2D eigenvalue weighted by atomic mass is 32.2. The summed E-state index contributed by atoms with van der Waals surface area (Å²) in [4.78, 5) is 8.07. The van der Waals surface area contributed by atoms with E-state index < -0.39 is 26.9 Å². The maximum atomic E-state index is 13.3. The molecule has 0 saturated carbocycles. The minimum absolute atomic E-state index is 0.0581. The number of aromatic nitrogens is 8. The molecule has 0 bridgehead atoms. The van der Waals surface area contributed by atoms with Crippen LogP contribution in [0.15, 0.2) is 54.2 Å². The van der Waals surface area contributed by atoms with Crippen LogP contribution in [0.1, 0.15) is 5.69 Å². The molecule has 5 rings (SSSR count). The second kappa shape index (κ2) is 6.34. The molecule has 0 unspecified atom stereocenters. The molecule has 0 aliphatic heterocycles. The van der Waals surface area contributed by atoms with E-state index in [0.29, 0.717) is 19.7 Å². The van der Waals surface area contributed by atoms with E-state index in [9.17, 15) is 21.6 Å². The monoisotopic (exact) mass is 448 g/mol. The molecule has 0 aliphatic carbocycles. The third-order valence-electron chi connectivity index (χ3n) is 4.54. The van der Waals surface area contributed by atoms with Crippen LogP contribution in [-0.4, -0.2) is 47.0 Å². The summed E-state index contributed by atoms with van der Waals surface area (Å²) in [5.74, 6) is 0. The molecule has 5 aromatic rings. The van der Waals surface area contributed by atoms with Gasteiger partial charge in [-0.3, -0.25) is 9.67 Å². The SMILES string of the molecule is Cn1cc(-c2cnc3cnn(S(=O)(=O)c4cnc5ccc(C(F)(F)F)nn45)c3c2)cn1. The van der Waals surface area contributed by atoms with E-state index in [0.717, 1.165) is 18.3 Å². The molecule has 0 fully saturated rings. The fourth-order valence-corrected chi connectivity index (χ4v) is 4.37. The van der Waals surface area contributed by atoms with E-state index in [2.05, 4.69) is 25.3 Å². The van der Waals surface area contributed by atoms with E-state index in [1.807, 2.05) is 0 Å². The highest BCUT2D eigenvalue weighted by molar-refractivity contribution is 7.90. The van der Waals surface area contributed by atoms with E-state index in [1.165, 1.54) is 6.20 Å². The Hall–Kier alpha value is -3.81. The smallest absolute Gasteiger partial charge is 0.275 e. The zero-order valence-electron chi connectivity index (χ0n) is 15.6. The number of hydrogen-bond acceptors (Lipinski definition) is 7. The van der Waals surface area contributed by atoms with E-state index >= 15 is 0 Å². The number of nitrogens with zero attached hydrogens (tertiary/aromatic N) is 8. The molecule has 0 N–H and O–H groups in total. The van der Waals surface area contributed by atoms with E-state index in [-0.39, 0.29) is 16.7 Å². The van der Waals surface area contributed by atoms with Crippen LogP contribution < -0.4 is 0 Å². The normalized spacial score (nSPS) is 12.8. The van der Waals surface area contributed by atoms with Crippen LogP contribution in [0.4, 0.5) is 13.2 Å². The van der Waals surface area contributed by atoms with Gasteiger partial charge in [0.05, 0.1) is 18.6 Å². The standard InChI is InChI=1S/C17H11F3N8O2S/c1-26-9-11(6-23-26)10-4-13-12(21-5-10)7-24-28(13)31(29,30)16-8-22-15-3-2-14(17(18,19)20)25-27(15)16/h2-9H,1H3. The summed E-state index contributed by atoms with van der Waals surface area (Å²) in [5.41, 5.74) is 0.413. The molecule has 0 saturated heterocycles. The van der Waals surface area contributed by atoms with Crippen LogP contribution in [0.5, 0.6) is 0 Å². The van der Waals surface area contributed by atoms with Crippen molar-refractivity contribution in [1.29, 1.82) is 0 Å². The van der Waals surface area contributed by atoms with Crippen LogP contribution in [0, 0.1) is 0 Å². The van der Waals surface area contributed by atoms with Crippen LogP contribution >= 0.6 is 0 Å². The van der Waals surface area contributed by atoms with Crippen molar-refractivity contribution in [3.63, 3.8) is 0 Å². The summed E-state index contributed by atoms with van der Waals surface area (Å²) in [5, 5.41) is 10.8. The van der Waals surface area contributed by atoms with Gasteiger partial charge in [0.25, 0.3) is 0 Å². The van der Waals surface area contributed by atoms with E-state index in [4.69, 9.17) is 0 Å². The Bertz CT molecular complexity index is 1570. The first-order chi connectivity index (χ1) is 14.6. The number of fused-ring (bicyclic) bond motifs is 2. The predicted molar refractivity (Wildman–Crippen MR) is 100 cm³/mol. The van der Waals surface area contributed by atoms with Crippen molar-refractivity contribution < 1.29 is 21.6 Å². The zero-order chi connectivity index (χ0) is 22.0. The van der Waals surface area contributed by atoms with Gasteiger partial charge in [0.2, 0.25) is 0 Å². The Morgan fingerprint density at radius 1 is 0.968 bits per heavy atom. The second-order valence-corrected chi connectivity index (χ2v) is 8.32. The Kier molecular flexibility index (Phi) is 3.92. The third kappa shape index (κ3) is 3.02. The molecule has 0 aromatic carbocycles. The number of rotatable bonds is 3. The molecule has 0 spiro atoms. The lowest BCUT2D eigenvalue weighted by molar-refractivity contribution is -0.141. The topological polar surface area (TPSA) is 113 Å². The summed E-state index contributed by atoms with van der Waals surface area (Å²) >= 11 is 0. The average Bonchev–Trinajstić information content (AvgIpc) is 3.43. The fraction of sp³-hybridized carbons (Fsp3) is 0.118. The largest absolute Gasteiger partial charge is 0.435 e. The van der Waals surface area contributed by atoms with Gasteiger partial charge in [-0.1, -0.05) is 0 Å². The molecular weight excluding hydrogens is 437 g/mol. The Labute approximate surface area is 171 Å². The van der Waals surface area contributed by atoms with Gasteiger partial charge < -0.3 is 0 Å². The first-order valence-corrected chi connectivity index (χ1v) is 10.1. The van der Waals surface area contributed by atoms with Gasteiger partial charge in [-0.05, 0) is 18.2 Å². The molecule has 0 aliphatic rings. The average molecular weight is 448 g/mol. The van der Waals surface area contributed by atoms with Crippen LogP contribution in [0.25, 0.3) is 27.8 Å². The van der Waals surface area contributed by atoms with Crippen molar-refractivity contribution in [3.05, 3.63) is 54.9 Å². The third-order valence-corrected chi connectivity index (χ3v) is 6.09. The van der Waals surface area contributed by atoms with Crippen LogP contribution in [-0.2, 0) is 23.2 Å². The maximum absolute atomic E-state index is 13.3. The Balaban J connectivity index is 1.69. The predicted octanol–water partition coefficient (Wildman–Crippen LogP) is 2.13. The van der Waals surface area contributed by atoms with Gasteiger partial charge in [-0.2, -0.15) is 45.5 Å². The highest BCUT2D eigenvalue weighted by Gasteiger charge is 2.34. The molecule has 14 heteroatoms. The number of hydrogen-bond donors (Lipinski definition) is 0. The highest BCUT2D eigenvalue weighted by Crippen LogP contribution is 2.29. The Morgan fingerprint density at radius 2 is 1.77 bits per heavy atom. The Morgan fingerprint density at radius 3 is 2.48 bits per heavy atom. The lowest BCUT2D eigenvalue weighted by Gasteiger charge is -2.08. The number of halogens is 3. The van der Waals surface area contributed by atoms with Crippen molar-refractivity contribution in [1.82, 2.24) is 38.5 Å². The van der Waals surface area contributed by atoms with Crippen molar-refractivity contribution >= 4 is 26.7 Å². The molecule has 10 nitrogen and oxygen atoms in total.